The summed E-state index contributed by atoms with van der Waals surface area (Å²) in [6.45, 7) is 12.2. The zero-order valence-electron chi connectivity index (χ0n) is 45.7. The number of unbranched alkanes of at least 4 members (excludes halogenated alkanes) is 5. The maximum absolute atomic E-state index is 13.9. The molecule has 0 saturated carbocycles. The minimum atomic E-state index is -1.57. The lowest BCUT2D eigenvalue weighted by Gasteiger charge is -2.34. The van der Waals surface area contributed by atoms with Crippen LogP contribution in [0.25, 0.3) is 28.0 Å². The molecule has 18 heteroatoms. The zero-order chi connectivity index (χ0) is 54.9. The number of aryl methyl sites for hydroxylation is 1. The van der Waals surface area contributed by atoms with Crippen LogP contribution in [0, 0.1) is 6.92 Å². The van der Waals surface area contributed by atoms with E-state index < -0.39 is 8.00 Å². The van der Waals surface area contributed by atoms with Gasteiger partial charge in [0.25, 0.3) is 0 Å². The summed E-state index contributed by atoms with van der Waals surface area (Å²) in [7, 11) is 0.512. The van der Waals surface area contributed by atoms with Crippen molar-refractivity contribution in [3.8, 4) is 11.3 Å². The van der Waals surface area contributed by atoms with E-state index in [0.717, 1.165) is 98.0 Å². The van der Waals surface area contributed by atoms with Crippen molar-refractivity contribution in [3.63, 3.8) is 0 Å². The quantitative estimate of drug-likeness (QED) is 0.0115. The first-order valence-electron chi connectivity index (χ1n) is 27.0. The predicted octanol–water partition coefficient (Wildman–Crippen LogP) is 9.26. The number of hydrogen-bond acceptors (Lipinski definition) is 15. The Labute approximate surface area is 455 Å². The summed E-state index contributed by atoms with van der Waals surface area (Å²) in [6.07, 6.45) is 15.8. The first kappa shape index (κ1) is 60.2. The number of hydrazine groups is 1. The van der Waals surface area contributed by atoms with E-state index >= 15 is 0 Å². The van der Waals surface area contributed by atoms with Crippen LogP contribution < -0.4 is 32.1 Å². The third kappa shape index (κ3) is 18.9. The van der Waals surface area contributed by atoms with Gasteiger partial charge >= 0.3 is 8.00 Å². The van der Waals surface area contributed by atoms with Gasteiger partial charge in [0.15, 0.2) is 11.0 Å². The van der Waals surface area contributed by atoms with Gasteiger partial charge in [-0.2, -0.15) is 9.42 Å². The molecule has 6 N–H and O–H groups in total. The first-order valence-corrected chi connectivity index (χ1v) is 28.4. The van der Waals surface area contributed by atoms with E-state index in [1.165, 1.54) is 0 Å². The first-order chi connectivity index (χ1) is 37.3. The lowest BCUT2D eigenvalue weighted by atomic mass is 9.90. The third-order valence-corrected chi connectivity index (χ3v) is 13.8. The molecule has 2 heterocycles. The Bertz CT molecular complexity index is 2770. The number of para-hydroxylation sites is 1. The van der Waals surface area contributed by atoms with Crippen molar-refractivity contribution in [2.24, 2.45) is 16.6 Å². The highest BCUT2D eigenvalue weighted by Crippen LogP contribution is 2.38. The molecule has 416 valence electrons. The van der Waals surface area contributed by atoms with Gasteiger partial charge in [0.05, 0.1) is 75.3 Å². The number of nitrogens with zero attached hydrogens (tertiary/aromatic N) is 4. The predicted molar refractivity (Wildman–Crippen MR) is 311 cm³/mol. The molecule has 0 radical (unpaired) electrons. The summed E-state index contributed by atoms with van der Waals surface area (Å²) in [6, 6.07) is 20.9. The van der Waals surface area contributed by atoms with Crippen LogP contribution in [-0.4, -0.2) is 126 Å². The number of carbonyl (C=O) groups is 2. The van der Waals surface area contributed by atoms with Crippen LogP contribution in [0.3, 0.4) is 0 Å². The van der Waals surface area contributed by atoms with Crippen LogP contribution in [0.2, 0.25) is 0 Å². The zero-order valence-corrected chi connectivity index (χ0v) is 46.6. The smallest absolute Gasteiger partial charge is 0.420 e. The van der Waals surface area contributed by atoms with E-state index in [4.69, 9.17) is 44.4 Å². The number of nitrogens with two attached hydrogens (primary N) is 2. The molecule has 1 atom stereocenters. The van der Waals surface area contributed by atoms with Gasteiger partial charge in [0, 0.05) is 80.3 Å². The molecule has 0 spiro atoms. The van der Waals surface area contributed by atoms with Gasteiger partial charge < -0.3 is 49.2 Å². The fraction of sp³-hybridized carbons (Fsp3) is 0.475. The number of fused-ring (bicyclic) bond motifs is 2. The van der Waals surface area contributed by atoms with Crippen LogP contribution in [0.5, 0.6) is 0 Å². The number of amides is 2. The molecule has 3 aromatic carbocycles. The van der Waals surface area contributed by atoms with Crippen LogP contribution in [0.15, 0.2) is 110 Å². The van der Waals surface area contributed by atoms with E-state index in [9.17, 15) is 14.4 Å². The topological polar surface area (TPSA) is 217 Å². The van der Waals surface area contributed by atoms with E-state index in [0.29, 0.717) is 124 Å². The molecule has 77 heavy (non-hydrogen) atoms. The minimum absolute atomic E-state index is 0.0614. The SMILES string of the molecule is C=[P+](O)OCCCCCCNC(=O)CCC(=O)N1CC2=C(C=CCC2)/C(N(N)CCOCCOCCOCCOCCCCCN(C)c2ccc(-c3cc(=O)c4ccc(C)c(N=C(C)C)c4o3)cc2)=C(/N)c2ccccc21. The van der Waals surface area contributed by atoms with Crippen LogP contribution >= 0.6 is 8.00 Å². The Morgan fingerprint density at radius 1 is 0.844 bits per heavy atom. The summed E-state index contributed by atoms with van der Waals surface area (Å²) in [5.41, 5.74) is 16.3. The van der Waals surface area contributed by atoms with Crippen molar-refractivity contribution in [2.75, 3.05) is 102 Å². The molecular weight excluding hydrogens is 998 g/mol. The Hall–Kier alpha value is -6.01. The summed E-state index contributed by atoms with van der Waals surface area (Å²) >= 11 is 0. The lowest BCUT2D eigenvalue weighted by molar-refractivity contribution is -0.125. The van der Waals surface area contributed by atoms with Crippen molar-refractivity contribution in [1.29, 1.82) is 0 Å². The van der Waals surface area contributed by atoms with Crippen molar-refractivity contribution in [3.05, 3.63) is 117 Å². The van der Waals surface area contributed by atoms with Crippen LogP contribution in [0.4, 0.5) is 17.1 Å². The standard InChI is InChI=1S/C59H80N7O10P/c1-43(2)63-57-44(3)21-26-50-52(67)41-53(76-59(50)57)45-22-24-47(25-23-45)64(4)30-14-8-15-32-71-35-37-73-39-40-74-38-36-72-34-31-66(61)58-48-18-10-9-17-46(48)42-65(51-20-12-11-19-49(51)56(58)60)55(69)28-27-54(68)62-29-13-6-7-16-33-75-77(5)70/h10-12,18-26,41H,5-9,13-17,27-40,42,60-61H2,1-4H3,(H-,62,68,70)/p+1/b58-56-. The van der Waals surface area contributed by atoms with E-state index in [2.05, 4.69) is 46.8 Å². The number of nitrogens with one attached hydrogen (secondary N) is 1. The van der Waals surface area contributed by atoms with Gasteiger partial charge in [0.1, 0.15) is 24.4 Å². The van der Waals surface area contributed by atoms with Crippen molar-refractivity contribution in [2.45, 2.75) is 91.4 Å². The number of allylic oxidation sites excluding steroid dienone is 2. The highest BCUT2D eigenvalue weighted by Gasteiger charge is 2.29. The summed E-state index contributed by atoms with van der Waals surface area (Å²) in [4.78, 5) is 57.4. The summed E-state index contributed by atoms with van der Waals surface area (Å²) in [5.74, 6) is 6.97. The largest absolute Gasteiger partial charge is 0.454 e. The number of aliphatic imine (C=N–C) groups is 1. The van der Waals surface area contributed by atoms with E-state index in [1.807, 2.05) is 69.3 Å². The molecule has 2 aliphatic rings. The molecule has 0 fully saturated rings. The van der Waals surface area contributed by atoms with Gasteiger partial charge in [0.2, 0.25) is 11.8 Å². The highest BCUT2D eigenvalue weighted by molar-refractivity contribution is 7.44. The van der Waals surface area contributed by atoms with Gasteiger partial charge in [-0.05, 0) is 113 Å². The van der Waals surface area contributed by atoms with E-state index in [1.54, 1.807) is 22.0 Å². The number of benzene rings is 3. The third-order valence-electron chi connectivity index (χ3n) is 13.3. The molecule has 0 bridgehead atoms. The minimum Gasteiger partial charge on any atom is -0.454 e. The molecular formula is C59H81N7O10P+. The van der Waals surface area contributed by atoms with Crippen molar-refractivity contribution >= 4 is 65.6 Å². The fourth-order valence-electron chi connectivity index (χ4n) is 9.15. The highest BCUT2D eigenvalue weighted by atomic mass is 31.1. The molecule has 1 aliphatic heterocycles. The summed E-state index contributed by atoms with van der Waals surface area (Å²) in [5, 5.41) is 5.10. The Balaban J connectivity index is 0.818. The molecule has 2 amide bonds. The number of hydrogen-bond donors (Lipinski definition) is 4. The van der Waals surface area contributed by atoms with Gasteiger partial charge in [-0.25, -0.2) is 5.84 Å². The van der Waals surface area contributed by atoms with Crippen molar-refractivity contribution < 1.29 is 42.4 Å². The number of ether oxygens (including phenoxy) is 4. The van der Waals surface area contributed by atoms with E-state index in [-0.39, 0.29) is 30.1 Å². The Morgan fingerprint density at radius 2 is 1.52 bits per heavy atom. The second kappa shape index (κ2) is 32.0. The van der Waals surface area contributed by atoms with Crippen molar-refractivity contribution in [1.82, 2.24) is 10.3 Å². The number of carbonyl (C=O) groups excluding carboxylic acids is 2. The molecule has 1 aromatic heterocycles. The second-order valence-corrected chi connectivity index (χ2v) is 20.4. The fourth-order valence-corrected chi connectivity index (χ4v) is 9.48. The average Bonchev–Trinajstić information content (AvgIpc) is 3.43. The number of anilines is 2. The normalized spacial score (nSPS) is 14.5. The van der Waals surface area contributed by atoms with Crippen LogP contribution in [0.1, 0.15) is 95.6 Å². The maximum atomic E-state index is 13.9. The molecule has 1 unspecified atom stereocenters. The molecule has 17 nitrogen and oxygen atoms in total. The Kier molecular flexibility index (Phi) is 25.0. The van der Waals surface area contributed by atoms with Gasteiger partial charge in [-0.15, -0.1) is 0 Å². The monoisotopic (exact) mass is 1080 g/mol. The maximum Gasteiger partial charge on any atom is 0.420 e. The van der Waals surface area contributed by atoms with Crippen LogP contribution in [-0.2, 0) is 33.1 Å². The number of rotatable bonds is 33. The average molecular weight is 1080 g/mol. The molecule has 1 aliphatic carbocycles. The lowest BCUT2D eigenvalue weighted by Crippen LogP contribution is -2.40. The van der Waals surface area contributed by atoms with Gasteiger partial charge in [-0.3, -0.25) is 19.4 Å². The summed E-state index contributed by atoms with van der Waals surface area (Å²) < 4.78 is 34.6. The molecule has 4 aromatic rings. The molecule has 0 saturated heterocycles. The second-order valence-electron chi connectivity index (χ2n) is 19.5. The molecule has 6 rings (SSSR count). The van der Waals surface area contributed by atoms with Gasteiger partial charge in [-0.1, -0.05) is 49.3 Å². The Morgan fingerprint density at radius 3 is 2.25 bits per heavy atom.